The van der Waals surface area contributed by atoms with Crippen molar-refractivity contribution in [2.75, 3.05) is 39.8 Å². The number of urea groups is 1. The van der Waals surface area contributed by atoms with Crippen LogP contribution < -0.4 is 16.4 Å². The Morgan fingerprint density at radius 2 is 2.00 bits per heavy atom. The van der Waals surface area contributed by atoms with Crippen LogP contribution >= 0.6 is 0 Å². The summed E-state index contributed by atoms with van der Waals surface area (Å²) in [6, 6.07) is 12.3. The zero-order chi connectivity index (χ0) is 26.8. The van der Waals surface area contributed by atoms with Crippen molar-refractivity contribution in [3.05, 3.63) is 59.4 Å². The number of methoxy groups -OCH3 is 1. The molecule has 1 aliphatic heterocycles. The van der Waals surface area contributed by atoms with E-state index in [2.05, 4.69) is 15.4 Å². The van der Waals surface area contributed by atoms with Gasteiger partial charge in [0.1, 0.15) is 5.82 Å². The standard InChI is InChI=1S/C28H39FN4O4/c1-3-20-8-4-9-21(18-20)25-23(11-5-12-24(25)29)28(36,13-7-15-32-27(35)37-2)22-10-6-17-33(19-22)26(34)31-16-14-30/h4-5,8-9,11-12,18,22,36H,3,6-7,10,13-17,19,30H2,1-2H3,(H,31,34)(H,32,35)/t22-,28+/m1/s1. The summed E-state index contributed by atoms with van der Waals surface area (Å²) in [6.45, 7) is 3.93. The van der Waals surface area contributed by atoms with Crippen molar-refractivity contribution in [2.45, 2.75) is 44.6 Å². The fourth-order valence-corrected chi connectivity index (χ4v) is 5.15. The second-order valence-electron chi connectivity index (χ2n) is 9.47. The number of nitrogens with one attached hydrogen (secondary N) is 2. The monoisotopic (exact) mass is 514 g/mol. The van der Waals surface area contributed by atoms with E-state index in [1.165, 1.54) is 13.2 Å². The minimum atomic E-state index is -1.44. The molecule has 3 amide bonds. The smallest absolute Gasteiger partial charge is 0.406 e. The first-order chi connectivity index (χ1) is 17.8. The maximum Gasteiger partial charge on any atom is 0.406 e. The molecule has 37 heavy (non-hydrogen) atoms. The van der Waals surface area contributed by atoms with Crippen LogP contribution in [0.1, 0.15) is 43.7 Å². The summed E-state index contributed by atoms with van der Waals surface area (Å²) in [5.74, 6) is -0.747. The Morgan fingerprint density at radius 1 is 1.22 bits per heavy atom. The number of ether oxygens (including phenoxy) is 1. The molecule has 0 aliphatic carbocycles. The van der Waals surface area contributed by atoms with Crippen LogP contribution in [0.2, 0.25) is 0 Å². The van der Waals surface area contributed by atoms with Gasteiger partial charge in [-0.25, -0.2) is 14.0 Å². The predicted molar refractivity (Wildman–Crippen MR) is 142 cm³/mol. The first kappa shape index (κ1) is 28.4. The third-order valence-corrected chi connectivity index (χ3v) is 7.10. The molecule has 1 saturated heterocycles. The highest BCUT2D eigenvalue weighted by molar-refractivity contribution is 5.74. The summed E-state index contributed by atoms with van der Waals surface area (Å²) in [7, 11) is 1.29. The highest BCUT2D eigenvalue weighted by Crippen LogP contribution is 2.44. The Hall–Kier alpha value is -3.17. The average Bonchev–Trinajstić information content (AvgIpc) is 2.93. The number of hydrogen-bond donors (Lipinski definition) is 4. The van der Waals surface area contributed by atoms with Crippen LogP contribution in [-0.2, 0) is 16.8 Å². The molecular formula is C28H39FN4O4. The number of nitrogens with zero attached hydrogens (tertiary/aromatic N) is 1. The second kappa shape index (κ2) is 13.4. The van der Waals surface area contributed by atoms with Gasteiger partial charge >= 0.3 is 12.1 Å². The van der Waals surface area contributed by atoms with Crippen LogP contribution in [0, 0.1) is 11.7 Å². The zero-order valence-electron chi connectivity index (χ0n) is 21.8. The second-order valence-corrected chi connectivity index (χ2v) is 9.47. The van der Waals surface area contributed by atoms with Crippen molar-refractivity contribution in [1.29, 1.82) is 0 Å². The molecule has 5 N–H and O–H groups in total. The van der Waals surface area contributed by atoms with E-state index in [4.69, 9.17) is 5.73 Å². The van der Waals surface area contributed by atoms with Gasteiger partial charge in [-0.1, -0.05) is 43.3 Å². The van der Waals surface area contributed by atoms with Crippen molar-refractivity contribution in [3.63, 3.8) is 0 Å². The Bertz CT molecular complexity index is 1070. The lowest BCUT2D eigenvalue weighted by molar-refractivity contribution is -0.0548. The van der Waals surface area contributed by atoms with E-state index < -0.39 is 17.5 Å². The number of alkyl carbamates (subject to hydrolysis) is 1. The Labute approximate surface area is 218 Å². The SMILES string of the molecule is CCc1cccc(-c2c(F)cccc2[C@](O)(CCCNC(=O)OC)[C@@H]2CCCN(C(=O)NCCN)C2)c1. The number of carbonyl (C=O) groups excluding carboxylic acids is 2. The van der Waals surface area contributed by atoms with E-state index in [1.807, 2.05) is 31.2 Å². The minimum Gasteiger partial charge on any atom is -0.453 e. The third-order valence-electron chi connectivity index (χ3n) is 7.10. The molecule has 0 spiro atoms. The number of hydrogen-bond acceptors (Lipinski definition) is 5. The summed E-state index contributed by atoms with van der Waals surface area (Å²) in [6.07, 6.45) is 2.34. The molecule has 202 valence electrons. The number of carbonyl (C=O) groups is 2. The maximum atomic E-state index is 15.5. The highest BCUT2D eigenvalue weighted by Gasteiger charge is 2.43. The van der Waals surface area contributed by atoms with Crippen LogP contribution in [0.25, 0.3) is 11.1 Å². The molecule has 0 unspecified atom stereocenters. The van der Waals surface area contributed by atoms with Crippen molar-refractivity contribution in [1.82, 2.24) is 15.5 Å². The number of amides is 3. The number of halogens is 1. The van der Waals surface area contributed by atoms with Gasteiger partial charge < -0.3 is 31.1 Å². The molecule has 0 saturated carbocycles. The van der Waals surface area contributed by atoms with Gasteiger partial charge in [-0.05, 0) is 54.9 Å². The van der Waals surface area contributed by atoms with Gasteiger partial charge in [0.2, 0.25) is 0 Å². The summed E-state index contributed by atoms with van der Waals surface area (Å²) < 4.78 is 20.1. The molecule has 3 rings (SSSR count). The fraction of sp³-hybridized carbons (Fsp3) is 0.500. The number of benzene rings is 2. The van der Waals surface area contributed by atoms with Gasteiger partial charge in [-0.3, -0.25) is 0 Å². The molecule has 2 aromatic carbocycles. The molecule has 1 aliphatic rings. The van der Waals surface area contributed by atoms with E-state index in [9.17, 15) is 14.7 Å². The van der Waals surface area contributed by atoms with Crippen LogP contribution in [0.3, 0.4) is 0 Å². The molecule has 2 atom stereocenters. The van der Waals surface area contributed by atoms with Crippen molar-refractivity contribution >= 4 is 12.1 Å². The zero-order valence-corrected chi connectivity index (χ0v) is 21.8. The number of piperidine rings is 1. The first-order valence-electron chi connectivity index (χ1n) is 13.0. The average molecular weight is 515 g/mol. The van der Waals surface area contributed by atoms with Crippen molar-refractivity contribution in [2.24, 2.45) is 11.7 Å². The van der Waals surface area contributed by atoms with Crippen LogP contribution in [0.15, 0.2) is 42.5 Å². The number of aliphatic hydroxyl groups is 1. The lowest BCUT2D eigenvalue weighted by atomic mass is 9.72. The van der Waals surface area contributed by atoms with Crippen molar-refractivity contribution < 1.29 is 23.8 Å². The highest BCUT2D eigenvalue weighted by atomic mass is 19.1. The maximum absolute atomic E-state index is 15.5. The minimum absolute atomic E-state index is 0.222. The summed E-state index contributed by atoms with van der Waals surface area (Å²) >= 11 is 0. The predicted octanol–water partition coefficient (Wildman–Crippen LogP) is 3.76. The molecule has 0 aromatic heterocycles. The van der Waals surface area contributed by atoms with Gasteiger partial charge in [0.25, 0.3) is 0 Å². The van der Waals surface area contributed by atoms with Crippen LogP contribution in [-0.4, -0.2) is 62.0 Å². The molecule has 0 radical (unpaired) electrons. The van der Waals surface area contributed by atoms with Crippen LogP contribution in [0.4, 0.5) is 14.0 Å². The normalized spacial score (nSPS) is 17.1. The van der Waals surface area contributed by atoms with E-state index in [0.29, 0.717) is 68.7 Å². The molecule has 1 fully saturated rings. The van der Waals surface area contributed by atoms with E-state index in [-0.39, 0.29) is 18.4 Å². The number of rotatable bonds is 10. The fourth-order valence-electron chi connectivity index (χ4n) is 5.15. The largest absolute Gasteiger partial charge is 0.453 e. The lowest BCUT2D eigenvalue weighted by Gasteiger charge is -2.43. The van der Waals surface area contributed by atoms with Gasteiger partial charge in [-0.15, -0.1) is 0 Å². The number of likely N-dealkylation sites (tertiary alicyclic amines) is 1. The van der Waals surface area contributed by atoms with Gasteiger partial charge in [0, 0.05) is 44.2 Å². The first-order valence-corrected chi connectivity index (χ1v) is 13.0. The van der Waals surface area contributed by atoms with E-state index in [0.717, 1.165) is 12.0 Å². The number of nitrogens with two attached hydrogens (primary N) is 1. The van der Waals surface area contributed by atoms with Crippen LogP contribution in [0.5, 0.6) is 0 Å². The summed E-state index contributed by atoms with van der Waals surface area (Å²) in [5, 5.41) is 17.9. The molecular weight excluding hydrogens is 475 g/mol. The van der Waals surface area contributed by atoms with Gasteiger partial charge in [-0.2, -0.15) is 0 Å². The van der Waals surface area contributed by atoms with Crippen molar-refractivity contribution in [3.8, 4) is 11.1 Å². The molecule has 9 heteroatoms. The Balaban J connectivity index is 2.01. The Morgan fingerprint density at radius 3 is 2.73 bits per heavy atom. The summed E-state index contributed by atoms with van der Waals surface area (Å²) in [4.78, 5) is 25.9. The lowest BCUT2D eigenvalue weighted by Crippen LogP contribution is -2.51. The number of aryl methyl sites for hydroxylation is 1. The molecule has 0 bridgehead atoms. The topological polar surface area (TPSA) is 117 Å². The van der Waals surface area contributed by atoms with Gasteiger partial charge in [0.05, 0.1) is 12.7 Å². The summed E-state index contributed by atoms with van der Waals surface area (Å²) in [5.41, 5.74) is 6.73. The van der Waals surface area contributed by atoms with E-state index in [1.54, 1.807) is 17.0 Å². The van der Waals surface area contributed by atoms with E-state index >= 15 is 4.39 Å². The molecule has 2 aromatic rings. The quantitative estimate of drug-likeness (QED) is 0.360. The molecule has 1 heterocycles. The van der Waals surface area contributed by atoms with Gasteiger partial charge in [0.15, 0.2) is 0 Å². The Kier molecular flexibility index (Phi) is 10.3. The third kappa shape index (κ3) is 6.99. The molecule has 8 nitrogen and oxygen atoms in total.